The normalized spacial score (nSPS) is 22.6. The van der Waals surface area contributed by atoms with Crippen LogP contribution >= 0.6 is 11.6 Å². The van der Waals surface area contributed by atoms with Gasteiger partial charge in [0.25, 0.3) is 0 Å². The largest absolute Gasteiger partial charge is 0.352 e. The van der Waals surface area contributed by atoms with E-state index < -0.39 is 0 Å². The lowest BCUT2D eigenvalue weighted by Gasteiger charge is -2.12. The van der Waals surface area contributed by atoms with Gasteiger partial charge in [0.05, 0.1) is 0 Å². The average Bonchev–Trinajstić information content (AvgIpc) is 2.52. The van der Waals surface area contributed by atoms with Crippen LogP contribution in [0.4, 0.5) is 0 Å². The summed E-state index contributed by atoms with van der Waals surface area (Å²) < 4.78 is 0. The van der Waals surface area contributed by atoms with E-state index in [1.807, 2.05) is 0 Å². The Kier molecular flexibility index (Phi) is 5.26. The minimum absolute atomic E-state index is 0.176. The zero-order valence-corrected chi connectivity index (χ0v) is 9.52. The van der Waals surface area contributed by atoms with E-state index in [9.17, 15) is 4.79 Å². The van der Waals surface area contributed by atoms with Crippen LogP contribution in [0.5, 0.6) is 0 Å². The molecule has 82 valence electrons. The lowest BCUT2D eigenvalue weighted by Crippen LogP contribution is -2.36. The first-order valence-corrected chi connectivity index (χ1v) is 5.79. The first-order chi connectivity index (χ1) is 6.72. The molecule has 0 aromatic heterocycles. The number of nitrogens with zero attached hydrogens (tertiary/aromatic N) is 1. The zero-order valence-electron chi connectivity index (χ0n) is 8.76. The van der Waals surface area contributed by atoms with Crippen LogP contribution in [0.1, 0.15) is 25.7 Å². The molecule has 0 bridgehead atoms. The predicted molar refractivity (Wildman–Crippen MR) is 58.6 cm³/mol. The van der Waals surface area contributed by atoms with Crippen LogP contribution in [0, 0.1) is 0 Å². The topological polar surface area (TPSA) is 32.3 Å². The van der Waals surface area contributed by atoms with E-state index in [-0.39, 0.29) is 5.91 Å². The Morgan fingerprint density at radius 1 is 1.57 bits per heavy atom. The fourth-order valence-corrected chi connectivity index (χ4v) is 1.92. The Morgan fingerprint density at radius 3 is 2.93 bits per heavy atom. The van der Waals surface area contributed by atoms with E-state index >= 15 is 0 Å². The van der Waals surface area contributed by atoms with Crippen molar-refractivity contribution in [2.45, 2.75) is 31.7 Å². The summed E-state index contributed by atoms with van der Waals surface area (Å²) in [6.07, 6.45) is 3.53. The molecule has 1 atom stereocenters. The van der Waals surface area contributed by atoms with Gasteiger partial charge in [-0.2, -0.15) is 0 Å². The highest BCUT2D eigenvalue weighted by Crippen LogP contribution is 2.06. The first kappa shape index (κ1) is 11.8. The molecule has 3 nitrogen and oxygen atoms in total. The maximum absolute atomic E-state index is 11.4. The molecule has 4 heteroatoms. The molecule has 0 aliphatic carbocycles. The molecule has 1 heterocycles. The summed E-state index contributed by atoms with van der Waals surface area (Å²) in [6, 6.07) is 0.364. The second-order valence-electron chi connectivity index (χ2n) is 3.96. The van der Waals surface area contributed by atoms with Gasteiger partial charge >= 0.3 is 0 Å². The van der Waals surface area contributed by atoms with Crippen molar-refractivity contribution in [3.05, 3.63) is 0 Å². The van der Waals surface area contributed by atoms with Crippen LogP contribution in [-0.2, 0) is 4.79 Å². The lowest BCUT2D eigenvalue weighted by atomic mass is 10.2. The summed E-state index contributed by atoms with van der Waals surface area (Å²) in [5.41, 5.74) is 0. The Labute approximate surface area is 90.8 Å². The van der Waals surface area contributed by atoms with Crippen LogP contribution in [0.2, 0.25) is 0 Å². The number of carbonyl (C=O) groups excluding carboxylic acids is 1. The molecule has 0 aromatic carbocycles. The van der Waals surface area contributed by atoms with Crippen molar-refractivity contribution in [1.82, 2.24) is 10.2 Å². The van der Waals surface area contributed by atoms with Crippen molar-refractivity contribution in [3.8, 4) is 0 Å². The van der Waals surface area contributed by atoms with Crippen molar-refractivity contribution in [2.24, 2.45) is 0 Å². The monoisotopic (exact) mass is 218 g/mol. The number of likely N-dealkylation sites (N-methyl/N-ethyl adjacent to an activating group) is 1. The van der Waals surface area contributed by atoms with Gasteiger partial charge in [-0.15, -0.1) is 11.6 Å². The van der Waals surface area contributed by atoms with Crippen molar-refractivity contribution < 1.29 is 4.79 Å². The van der Waals surface area contributed by atoms with Gasteiger partial charge in [-0.3, -0.25) is 4.79 Å². The Hall–Kier alpha value is -0.280. The van der Waals surface area contributed by atoms with Gasteiger partial charge in [-0.05, 0) is 32.9 Å². The van der Waals surface area contributed by atoms with Crippen LogP contribution < -0.4 is 5.32 Å². The predicted octanol–water partition coefficient (Wildman–Crippen LogP) is 1.22. The van der Waals surface area contributed by atoms with E-state index in [0.717, 1.165) is 32.4 Å². The molecule has 0 saturated carbocycles. The maximum Gasteiger partial charge on any atom is 0.220 e. The third-order valence-corrected chi connectivity index (χ3v) is 2.81. The molecule has 1 saturated heterocycles. The molecular weight excluding hydrogens is 200 g/mol. The summed E-state index contributed by atoms with van der Waals surface area (Å²) in [4.78, 5) is 13.6. The molecule has 14 heavy (non-hydrogen) atoms. The number of alkyl halides is 1. The molecule has 0 radical (unpaired) electrons. The number of nitrogens with one attached hydrogen (secondary N) is 1. The van der Waals surface area contributed by atoms with E-state index in [2.05, 4.69) is 17.3 Å². The fraction of sp³-hybridized carbons (Fsp3) is 0.900. The van der Waals surface area contributed by atoms with Gasteiger partial charge in [0.2, 0.25) is 5.91 Å². The summed E-state index contributed by atoms with van der Waals surface area (Å²) in [5, 5.41) is 3.04. The molecule has 1 rings (SSSR count). The van der Waals surface area contributed by atoms with Crippen molar-refractivity contribution in [3.63, 3.8) is 0 Å². The molecule has 1 unspecified atom stereocenters. The third-order valence-electron chi connectivity index (χ3n) is 2.54. The van der Waals surface area contributed by atoms with Crippen molar-refractivity contribution in [1.29, 1.82) is 0 Å². The SMILES string of the molecule is CN1CCC(NC(=O)CCCCCl)C1. The first-order valence-electron chi connectivity index (χ1n) is 5.26. The number of likely N-dealkylation sites (tertiary alicyclic amines) is 1. The van der Waals surface area contributed by atoms with Gasteiger partial charge in [-0.25, -0.2) is 0 Å². The smallest absolute Gasteiger partial charge is 0.220 e. The van der Waals surface area contributed by atoms with Crippen LogP contribution in [0.25, 0.3) is 0 Å². The second-order valence-corrected chi connectivity index (χ2v) is 4.34. The number of carbonyl (C=O) groups is 1. The van der Waals surface area contributed by atoms with E-state index in [4.69, 9.17) is 11.6 Å². The van der Waals surface area contributed by atoms with E-state index in [1.165, 1.54) is 0 Å². The van der Waals surface area contributed by atoms with E-state index in [1.54, 1.807) is 0 Å². The number of rotatable bonds is 5. The van der Waals surface area contributed by atoms with Gasteiger partial charge in [0, 0.05) is 24.9 Å². The molecule has 1 fully saturated rings. The van der Waals surface area contributed by atoms with Crippen molar-refractivity contribution in [2.75, 3.05) is 26.0 Å². The molecule has 1 amide bonds. The minimum Gasteiger partial charge on any atom is -0.352 e. The molecule has 0 spiro atoms. The highest BCUT2D eigenvalue weighted by Gasteiger charge is 2.20. The summed E-state index contributed by atoms with van der Waals surface area (Å²) in [7, 11) is 2.08. The molecule has 1 aliphatic heterocycles. The quantitative estimate of drug-likeness (QED) is 0.556. The average molecular weight is 219 g/mol. The van der Waals surface area contributed by atoms with E-state index in [0.29, 0.717) is 18.3 Å². The van der Waals surface area contributed by atoms with Crippen LogP contribution in [-0.4, -0.2) is 42.9 Å². The zero-order chi connectivity index (χ0) is 10.4. The lowest BCUT2D eigenvalue weighted by molar-refractivity contribution is -0.121. The Balaban J connectivity index is 2.08. The fourth-order valence-electron chi connectivity index (χ4n) is 1.73. The number of hydrogen-bond donors (Lipinski definition) is 1. The second kappa shape index (κ2) is 6.25. The number of amides is 1. The number of unbranched alkanes of at least 4 members (excludes halogenated alkanes) is 1. The van der Waals surface area contributed by atoms with Crippen molar-refractivity contribution >= 4 is 17.5 Å². The standard InChI is InChI=1S/C10H19ClN2O/c1-13-7-5-9(8-13)12-10(14)4-2-3-6-11/h9H,2-8H2,1H3,(H,12,14). The highest BCUT2D eigenvalue weighted by atomic mass is 35.5. The molecular formula is C10H19ClN2O. The van der Waals surface area contributed by atoms with Gasteiger partial charge < -0.3 is 10.2 Å². The van der Waals surface area contributed by atoms with Gasteiger partial charge in [0.1, 0.15) is 0 Å². The minimum atomic E-state index is 0.176. The molecule has 1 N–H and O–H groups in total. The van der Waals surface area contributed by atoms with Gasteiger partial charge in [-0.1, -0.05) is 0 Å². The molecule has 0 aromatic rings. The number of halogens is 1. The third kappa shape index (κ3) is 4.29. The number of hydrogen-bond acceptors (Lipinski definition) is 2. The van der Waals surface area contributed by atoms with Gasteiger partial charge in [0.15, 0.2) is 0 Å². The summed E-state index contributed by atoms with van der Waals surface area (Å²) >= 11 is 5.54. The maximum atomic E-state index is 11.4. The molecule has 1 aliphatic rings. The summed E-state index contributed by atoms with van der Waals surface area (Å²) in [6.45, 7) is 2.08. The van der Waals surface area contributed by atoms with Crippen LogP contribution in [0.15, 0.2) is 0 Å². The Morgan fingerprint density at radius 2 is 2.36 bits per heavy atom. The highest BCUT2D eigenvalue weighted by molar-refractivity contribution is 6.17. The Bertz CT molecular complexity index is 187. The van der Waals surface area contributed by atoms with Crippen LogP contribution in [0.3, 0.4) is 0 Å². The summed E-state index contributed by atoms with van der Waals surface area (Å²) in [5.74, 6) is 0.829.